The van der Waals surface area contributed by atoms with E-state index < -0.39 is 60.7 Å². The highest BCUT2D eigenvalue weighted by molar-refractivity contribution is 7.98. The van der Waals surface area contributed by atoms with Crippen LogP contribution in [0, 0.1) is 0 Å². The predicted octanol–water partition coefficient (Wildman–Crippen LogP) is -1.94. The van der Waals surface area contributed by atoms with Gasteiger partial charge in [-0.05, 0) is 36.1 Å². The van der Waals surface area contributed by atoms with Crippen LogP contribution in [0.1, 0.15) is 18.4 Å². The topological polar surface area (TPSA) is 214 Å². The maximum Gasteiger partial charge on any atom is 0.322 e. The van der Waals surface area contributed by atoms with Crippen molar-refractivity contribution >= 4 is 41.4 Å². The number of aromatic hydroxyl groups is 1. The Morgan fingerprint density at radius 1 is 1.00 bits per heavy atom. The molecule has 0 aliphatic heterocycles. The highest BCUT2D eigenvalue weighted by Gasteiger charge is 2.28. The number of amides is 4. The summed E-state index contributed by atoms with van der Waals surface area (Å²) >= 11 is 1.43. The van der Waals surface area contributed by atoms with Crippen molar-refractivity contribution in [3.8, 4) is 5.75 Å². The van der Waals surface area contributed by atoms with Gasteiger partial charge in [0.05, 0.1) is 12.5 Å². The van der Waals surface area contributed by atoms with E-state index in [9.17, 15) is 29.1 Å². The molecule has 0 saturated carbocycles. The standard InChI is InChI=1S/C20H29N5O7S/c1-33-7-6-14(19(31)23-10-17(28)29)24-20(32)15(8-11-2-4-12(26)5-3-11)25-18(30)13(21)9-16(22)27/h2-5,13-15,26H,6-10,21H2,1H3,(H2,22,27)(H,23,31)(H,24,32)(H,25,30)(H,28,29). The first-order valence-electron chi connectivity index (χ1n) is 9.94. The van der Waals surface area contributed by atoms with Crippen LogP contribution >= 0.6 is 11.8 Å². The summed E-state index contributed by atoms with van der Waals surface area (Å²) in [4.78, 5) is 59.6. The van der Waals surface area contributed by atoms with Gasteiger partial charge >= 0.3 is 5.97 Å². The molecule has 13 heteroatoms. The monoisotopic (exact) mass is 483 g/mol. The van der Waals surface area contributed by atoms with Crippen molar-refractivity contribution in [2.45, 2.75) is 37.4 Å². The number of carboxylic acids is 1. The Morgan fingerprint density at radius 2 is 1.61 bits per heavy atom. The summed E-state index contributed by atoms with van der Waals surface area (Å²) in [6.45, 7) is -0.611. The molecule has 3 unspecified atom stereocenters. The molecule has 1 aromatic carbocycles. The highest BCUT2D eigenvalue weighted by Crippen LogP contribution is 2.12. The Kier molecular flexibility index (Phi) is 11.7. The molecule has 1 rings (SSSR count). The summed E-state index contributed by atoms with van der Waals surface area (Å²) in [6, 6.07) is 2.43. The fourth-order valence-electron chi connectivity index (χ4n) is 2.73. The van der Waals surface area contributed by atoms with E-state index in [1.165, 1.54) is 23.9 Å². The molecule has 9 N–H and O–H groups in total. The number of aliphatic carboxylic acids is 1. The fraction of sp³-hybridized carbons (Fsp3) is 0.450. The summed E-state index contributed by atoms with van der Waals surface area (Å²) in [7, 11) is 0. The zero-order valence-electron chi connectivity index (χ0n) is 18.1. The van der Waals surface area contributed by atoms with Crippen LogP contribution in [0.3, 0.4) is 0 Å². The van der Waals surface area contributed by atoms with Gasteiger partial charge in [-0.1, -0.05) is 12.1 Å². The first-order valence-corrected chi connectivity index (χ1v) is 11.3. The number of carbonyl (C=O) groups excluding carboxylic acids is 4. The molecule has 0 aliphatic carbocycles. The molecule has 0 radical (unpaired) electrons. The van der Waals surface area contributed by atoms with E-state index in [-0.39, 0.29) is 18.6 Å². The van der Waals surface area contributed by atoms with Gasteiger partial charge in [-0.3, -0.25) is 24.0 Å². The Hall–Kier alpha value is -3.32. The first-order chi connectivity index (χ1) is 15.5. The van der Waals surface area contributed by atoms with Crippen molar-refractivity contribution in [2.24, 2.45) is 11.5 Å². The largest absolute Gasteiger partial charge is 0.508 e. The molecule has 12 nitrogen and oxygen atoms in total. The smallest absolute Gasteiger partial charge is 0.322 e. The van der Waals surface area contributed by atoms with Gasteiger partial charge in [0.25, 0.3) is 0 Å². The molecule has 0 spiro atoms. The van der Waals surface area contributed by atoms with Crippen LogP contribution in [0.2, 0.25) is 0 Å². The van der Waals surface area contributed by atoms with Crippen molar-refractivity contribution in [1.29, 1.82) is 0 Å². The van der Waals surface area contributed by atoms with Crippen molar-refractivity contribution < 1.29 is 34.2 Å². The Labute approximate surface area is 194 Å². The maximum absolute atomic E-state index is 13.0. The summed E-state index contributed by atoms with van der Waals surface area (Å²) in [6.07, 6.45) is 1.60. The molecule has 33 heavy (non-hydrogen) atoms. The molecule has 0 aromatic heterocycles. The van der Waals surface area contributed by atoms with Crippen molar-refractivity contribution in [1.82, 2.24) is 16.0 Å². The van der Waals surface area contributed by atoms with Crippen molar-refractivity contribution in [3.63, 3.8) is 0 Å². The minimum absolute atomic E-state index is 0.00681. The minimum Gasteiger partial charge on any atom is -0.508 e. The SMILES string of the molecule is CSCCC(NC(=O)C(Cc1ccc(O)cc1)NC(=O)C(N)CC(N)=O)C(=O)NCC(=O)O. The van der Waals surface area contributed by atoms with E-state index in [1.807, 2.05) is 6.26 Å². The number of rotatable bonds is 14. The normalized spacial score (nSPS) is 13.3. The maximum atomic E-state index is 13.0. The number of phenolic OH excluding ortho intramolecular Hbond substituents is 1. The van der Waals surface area contributed by atoms with E-state index in [0.717, 1.165) is 0 Å². The van der Waals surface area contributed by atoms with Gasteiger partial charge in [-0.25, -0.2) is 0 Å². The molecule has 0 saturated heterocycles. The van der Waals surface area contributed by atoms with Crippen LogP contribution in [-0.2, 0) is 30.4 Å². The highest BCUT2D eigenvalue weighted by atomic mass is 32.2. The van der Waals surface area contributed by atoms with Gasteiger partial charge in [-0.2, -0.15) is 11.8 Å². The zero-order valence-corrected chi connectivity index (χ0v) is 18.9. The summed E-state index contributed by atoms with van der Waals surface area (Å²) in [5.74, 6) is -3.68. The predicted molar refractivity (Wildman–Crippen MR) is 121 cm³/mol. The lowest BCUT2D eigenvalue weighted by atomic mass is 10.0. The van der Waals surface area contributed by atoms with E-state index in [0.29, 0.717) is 11.3 Å². The van der Waals surface area contributed by atoms with Crippen LogP contribution in [0.4, 0.5) is 0 Å². The fourth-order valence-corrected chi connectivity index (χ4v) is 3.20. The molecule has 0 bridgehead atoms. The number of thioether (sulfide) groups is 1. The molecule has 4 amide bonds. The lowest BCUT2D eigenvalue weighted by Crippen LogP contribution is -2.57. The van der Waals surface area contributed by atoms with Gasteiger partial charge in [0, 0.05) is 6.42 Å². The molecule has 1 aromatic rings. The van der Waals surface area contributed by atoms with E-state index in [2.05, 4.69) is 16.0 Å². The molecule has 182 valence electrons. The van der Waals surface area contributed by atoms with Gasteiger partial charge < -0.3 is 37.6 Å². The summed E-state index contributed by atoms with van der Waals surface area (Å²) in [5, 5.41) is 25.4. The number of carbonyl (C=O) groups is 5. The van der Waals surface area contributed by atoms with Gasteiger partial charge in [0.15, 0.2) is 0 Å². The third-order valence-electron chi connectivity index (χ3n) is 4.42. The number of carboxylic acid groups (broad SMARTS) is 1. The number of hydrogen-bond donors (Lipinski definition) is 7. The Bertz CT molecular complexity index is 850. The molecule has 0 fully saturated rings. The number of benzene rings is 1. The van der Waals surface area contributed by atoms with Crippen LogP contribution in [0.5, 0.6) is 5.75 Å². The molecular formula is C20H29N5O7S. The zero-order chi connectivity index (χ0) is 25.0. The van der Waals surface area contributed by atoms with Gasteiger partial charge in [0.2, 0.25) is 23.6 Å². The molecule has 0 heterocycles. The van der Waals surface area contributed by atoms with Crippen molar-refractivity contribution in [2.75, 3.05) is 18.6 Å². The number of nitrogens with two attached hydrogens (primary N) is 2. The summed E-state index contributed by atoms with van der Waals surface area (Å²) in [5.41, 5.74) is 11.3. The van der Waals surface area contributed by atoms with Gasteiger partial charge in [-0.15, -0.1) is 0 Å². The lowest BCUT2D eigenvalue weighted by Gasteiger charge is -2.24. The van der Waals surface area contributed by atoms with Crippen LogP contribution < -0.4 is 27.4 Å². The number of hydrogen-bond acceptors (Lipinski definition) is 8. The summed E-state index contributed by atoms with van der Waals surface area (Å²) < 4.78 is 0. The van der Waals surface area contributed by atoms with E-state index in [1.54, 1.807) is 12.1 Å². The average molecular weight is 484 g/mol. The number of phenols is 1. The van der Waals surface area contributed by atoms with Crippen molar-refractivity contribution in [3.05, 3.63) is 29.8 Å². The molecule has 0 aliphatic rings. The third-order valence-corrected chi connectivity index (χ3v) is 5.07. The van der Waals surface area contributed by atoms with Crippen LogP contribution in [0.15, 0.2) is 24.3 Å². The first kappa shape index (κ1) is 27.7. The Balaban J connectivity index is 3.03. The lowest BCUT2D eigenvalue weighted by molar-refractivity contribution is -0.138. The Morgan fingerprint density at radius 3 is 2.15 bits per heavy atom. The van der Waals surface area contributed by atoms with Crippen LogP contribution in [0.25, 0.3) is 0 Å². The number of primary amides is 1. The second kappa shape index (κ2) is 14.0. The molecular weight excluding hydrogens is 454 g/mol. The van der Waals surface area contributed by atoms with E-state index in [4.69, 9.17) is 16.6 Å². The third kappa shape index (κ3) is 10.7. The van der Waals surface area contributed by atoms with E-state index >= 15 is 0 Å². The van der Waals surface area contributed by atoms with Crippen LogP contribution in [-0.4, -0.2) is 76.5 Å². The quantitative estimate of drug-likeness (QED) is 0.156. The van der Waals surface area contributed by atoms with Gasteiger partial charge in [0.1, 0.15) is 24.4 Å². The second-order valence-corrected chi connectivity index (χ2v) is 8.15. The second-order valence-electron chi connectivity index (χ2n) is 7.16. The number of nitrogens with one attached hydrogen (secondary N) is 3. The average Bonchev–Trinajstić information content (AvgIpc) is 2.75. The minimum atomic E-state index is -1.27. The molecule has 3 atom stereocenters.